The van der Waals surface area contributed by atoms with Crippen LogP contribution >= 0.6 is 24.0 Å². The predicted octanol–water partition coefficient (Wildman–Crippen LogP) is 4.13. The van der Waals surface area contributed by atoms with E-state index in [0.717, 1.165) is 23.6 Å². The Morgan fingerprint density at radius 1 is 1.04 bits per heavy atom. The van der Waals surface area contributed by atoms with Crippen LogP contribution < -0.4 is 20.5 Å². The number of methoxy groups -OCH3 is 1. The number of halogens is 1. The van der Waals surface area contributed by atoms with E-state index in [-0.39, 0.29) is 24.0 Å². The highest BCUT2D eigenvalue weighted by Gasteiger charge is 1.98. The number of rotatable bonds is 7. The molecule has 0 aliphatic heterocycles. The molecule has 3 N–H and O–H groups in total. The number of aryl methyl sites for hydroxylation is 2. The van der Waals surface area contributed by atoms with Gasteiger partial charge in [-0.15, -0.1) is 24.0 Å². The third-order valence-electron chi connectivity index (χ3n) is 3.69. The fourth-order valence-corrected chi connectivity index (χ4v) is 2.13. The van der Waals surface area contributed by atoms with E-state index >= 15 is 0 Å². The van der Waals surface area contributed by atoms with Gasteiger partial charge in [0.1, 0.15) is 11.5 Å². The Morgan fingerprint density at radius 3 is 2.36 bits per heavy atom. The van der Waals surface area contributed by atoms with Crippen molar-refractivity contribution in [2.45, 2.75) is 20.3 Å². The maximum atomic E-state index is 5.90. The number of benzene rings is 2. The molecule has 6 heteroatoms. The summed E-state index contributed by atoms with van der Waals surface area (Å²) in [7, 11) is 1.64. The number of guanidine groups is 1. The minimum Gasteiger partial charge on any atom is -0.497 e. The summed E-state index contributed by atoms with van der Waals surface area (Å²) >= 11 is 0. The van der Waals surface area contributed by atoms with Gasteiger partial charge >= 0.3 is 0 Å². The Balaban J connectivity index is 0.00000312. The zero-order chi connectivity index (χ0) is 17.4. The van der Waals surface area contributed by atoms with Crippen LogP contribution in [0.4, 0.5) is 5.69 Å². The third kappa shape index (κ3) is 7.21. The van der Waals surface area contributed by atoms with Crippen LogP contribution in [0.15, 0.2) is 47.5 Å². The lowest BCUT2D eigenvalue weighted by atomic mass is 10.1. The molecule has 0 amide bonds. The summed E-state index contributed by atoms with van der Waals surface area (Å²) in [6.45, 7) is 5.36. The second-order valence-electron chi connectivity index (χ2n) is 5.57. The van der Waals surface area contributed by atoms with Gasteiger partial charge in [-0.05, 0) is 61.4 Å². The molecule has 0 radical (unpaired) electrons. The van der Waals surface area contributed by atoms with Crippen molar-refractivity contribution in [3.8, 4) is 11.5 Å². The van der Waals surface area contributed by atoms with Crippen molar-refractivity contribution in [2.24, 2.45) is 10.7 Å². The lowest BCUT2D eigenvalue weighted by Crippen LogP contribution is -2.23. The molecule has 0 aliphatic rings. The monoisotopic (exact) mass is 455 g/mol. The van der Waals surface area contributed by atoms with Crippen LogP contribution in [0.25, 0.3) is 0 Å². The standard InChI is InChI=1S/C19H25N3O2.HI/c1-14-5-6-16(13-15(14)2)22-19(20)21-11-4-12-24-18-9-7-17(23-3)8-10-18;/h5-10,13H,4,11-12H2,1-3H3,(H3,20,21,22);1H. The highest BCUT2D eigenvalue weighted by Crippen LogP contribution is 2.17. The van der Waals surface area contributed by atoms with Crippen molar-refractivity contribution in [2.75, 3.05) is 25.6 Å². The largest absolute Gasteiger partial charge is 0.497 e. The maximum absolute atomic E-state index is 5.90. The number of hydrogen-bond acceptors (Lipinski definition) is 3. The first-order valence-electron chi connectivity index (χ1n) is 7.99. The summed E-state index contributed by atoms with van der Waals surface area (Å²) in [5.41, 5.74) is 9.34. The predicted molar refractivity (Wildman–Crippen MR) is 115 cm³/mol. The minimum atomic E-state index is 0. The highest BCUT2D eigenvalue weighted by molar-refractivity contribution is 14.0. The number of nitrogens with zero attached hydrogens (tertiary/aromatic N) is 1. The van der Waals surface area contributed by atoms with E-state index in [1.807, 2.05) is 30.3 Å². The quantitative estimate of drug-likeness (QED) is 0.285. The summed E-state index contributed by atoms with van der Waals surface area (Å²) in [6, 6.07) is 13.6. The van der Waals surface area contributed by atoms with Crippen molar-refractivity contribution in [3.05, 3.63) is 53.6 Å². The molecule has 0 aliphatic carbocycles. The third-order valence-corrected chi connectivity index (χ3v) is 3.69. The van der Waals surface area contributed by atoms with Crippen LogP contribution in [-0.4, -0.2) is 26.2 Å². The van der Waals surface area contributed by atoms with Gasteiger partial charge in [0.15, 0.2) is 5.96 Å². The summed E-state index contributed by atoms with van der Waals surface area (Å²) in [4.78, 5) is 4.31. The van der Waals surface area contributed by atoms with Crippen LogP contribution in [0.2, 0.25) is 0 Å². The van der Waals surface area contributed by atoms with E-state index in [2.05, 4.69) is 36.3 Å². The first kappa shape index (κ1) is 21.1. The lowest BCUT2D eigenvalue weighted by Gasteiger charge is -2.08. The smallest absolute Gasteiger partial charge is 0.193 e. The summed E-state index contributed by atoms with van der Waals surface area (Å²) in [5, 5.41) is 3.10. The Bertz CT molecular complexity index is 688. The van der Waals surface area contributed by atoms with E-state index in [9.17, 15) is 0 Å². The molecule has 136 valence electrons. The molecular weight excluding hydrogens is 429 g/mol. The molecule has 2 aromatic carbocycles. The van der Waals surface area contributed by atoms with Crippen LogP contribution in [0.3, 0.4) is 0 Å². The van der Waals surface area contributed by atoms with Gasteiger partial charge in [0, 0.05) is 18.7 Å². The van der Waals surface area contributed by atoms with Gasteiger partial charge in [-0.25, -0.2) is 0 Å². The summed E-state index contributed by atoms with van der Waals surface area (Å²) in [6.07, 6.45) is 0.793. The Morgan fingerprint density at radius 2 is 1.72 bits per heavy atom. The normalized spacial score (nSPS) is 10.8. The van der Waals surface area contributed by atoms with Gasteiger partial charge in [-0.1, -0.05) is 6.07 Å². The number of nitrogens with two attached hydrogens (primary N) is 1. The number of aliphatic imine (C=N–C) groups is 1. The van der Waals surface area contributed by atoms with Gasteiger partial charge in [0.25, 0.3) is 0 Å². The van der Waals surface area contributed by atoms with Crippen molar-refractivity contribution in [3.63, 3.8) is 0 Å². The molecule has 0 spiro atoms. The molecule has 0 saturated carbocycles. The molecule has 0 fully saturated rings. The molecule has 0 bridgehead atoms. The maximum Gasteiger partial charge on any atom is 0.193 e. The Kier molecular flexibility index (Phi) is 9.12. The molecule has 0 aromatic heterocycles. The fraction of sp³-hybridized carbons (Fsp3) is 0.316. The van der Waals surface area contributed by atoms with Crippen LogP contribution in [0.5, 0.6) is 11.5 Å². The SMILES string of the molecule is COc1ccc(OCCCN=C(N)Nc2ccc(C)c(C)c2)cc1.I. The number of nitrogens with one attached hydrogen (secondary N) is 1. The highest BCUT2D eigenvalue weighted by atomic mass is 127. The summed E-state index contributed by atoms with van der Waals surface area (Å²) in [5.74, 6) is 2.06. The zero-order valence-electron chi connectivity index (χ0n) is 14.9. The number of hydrogen-bond donors (Lipinski definition) is 2. The lowest BCUT2D eigenvalue weighted by molar-refractivity contribution is 0.313. The minimum absolute atomic E-state index is 0. The molecule has 5 nitrogen and oxygen atoms in total. The Hall–Kier alpha value is -1.96. The molecule has 0 unspecified atom stereocenters. The number of anilines is 1. The molecule has 0 heterocycles. The first-order valence-corrected chi connectivity index (χ1v) is 7.99. The molecule has 0 atom stereocenters. The summed E-state index contributed by atoms with van der Waals surface area (Å²) < 4.78 is 10.8. The van der Waals surface area contributed by atoms with Crippen LogP contribution in [-0.2, 0) is 0 Å². The number of ether oxygens (including phenoxy) is 2. The van der Waals surface area contributed by atoms with Crippen molar-refractivity contribution in [1.82, 2.24) is 0 Å². The van der Waals surface area contributed by atoms with E-state index in [0.29, 0.717) is 19.1 Å². The average molecular weight is 455 g/mol. The second-order valence-corrected chi connectivity index (χ2v) is 5.57. The van der Waals surface area contributed by atoms with Crippen molar-refractivity contribution < 1.29 is 9.47 Å². The molecule has 0 saturated heterocycles. The average Bonchev–Trinajstić information content (AvgIpc) is 2.58. The first-order chi connectivity index (χ1) is 11.6. The fourth-order valence-electron chi connectivity index (χ4n) is 2.13. The van der Waals surface area contributed by atoms with Crippen LogP contribution in [0, 0.1) is 13.8 Å². The van der Waals surface area contributed by atoms with E-state index < -0.39 is 0 Å². The topological polar surface area (TPSA) is 68.9 Å². The van der Waals surface area contributed by atoms with Crippen molar-refractivity contribution >= 4 is 35.6 Å². The van der Waals surface area contributed by atoms with E-state index in [1.54, 1.807) is 7.11 Å². The van der Waals surface area contributed by atoms with Crippen LogP contribution in [0.1, 0.15) is 17.5 Å². The van der Waals surface area contributed by atoms with Gasteiger partial charge in [-0.2, -0.15) is 0 Å². The zero-order valence-corrected chi connectivity index (χ0v) is 17.2. The molecular formula is C19H26IN3O2. The van der Waals surface area contributed by atoms with Gasteiger partial charge in [0.05, 0.1) is 13.7 Å². The Labute approximate surface area is 166 Å². The molecule has 2 rings (SSSR count). The van der Waals surface area contributed by atoms with Gasteiger partial charge in [0.2, 0.25) is 0 Å². The van der Waals surface area contributed by atoms with Gasteiger partial charge in [-0.3, -0.25) is 4.99 Å². The van der Waals surface area contributed by atoms with Crippen molar-refractivity contribution in [1.29, 1.82) is 0 Å². The molecule has 2 aromatic rings. The second kappa shape index (κ2) is 10.8. The van der Waals surface area contributed by atoms with E-state index in [4.69, 9.17) is 15.2 Å². The molecule has 25 heavy (non-hydrogen) atoms. The van der Waals surface area contributed by atoms with E-state index in [1.165, 1.54) is 11.1 Å². The van der Waals surface area contributed by atoms with Gasteiger partial charge < -0.3 is 20.5 Å².